The topological polar surface area (TPSA) is 64.3 Å². The Kier molecular flexibility index (Phi) is 2.50. The molecule has 13 heavy (non-hydrogen) atoms. The van der Waals surface area contributed by atoms with E-state index in [1.807, 2.05) is 0 Å². The van der Waals surface area contributed by atoms with Gasteiger partial charge in [-0.25, -0.2) is 4.90 Å². The number of benzene rings is 1. The van der Waals surface area contributed by atoms with Crippen LogP contribution < -0.4 is 4.90 Å². The first-order chi connectivity index (χ1) is 6.16. The molecule has 0 atom stereocenters. The van der Waals surface area contributed by atoms with E-state index in [4.69, 9.17) is 5.26 Å². The van der Waals surface area contributed by atoms with Crippen LogP contribution in [0.3, 0.4) is 0 Å². The zero-order valence-corrected chi connectivity index (χ0v) is 7.06. The summed E-state index contributed by atoms with van der Waals surface area (Å²) in [5.41, 5.74) is 0.206. The third-order valence-electron chi connectivity index (χ3n) is 1.54. The third kappa shape index (κ3) is 1.76. The molecule has 1 rings (SSSR count). The molecule has 0 unspecified atom stereocenters. The number of hydrogen-bond donors (Lipinski definition) is 1. The number of anilines is 1. The lowest BCUT2D eigenvalue weighted by atomic mass is 10.2. The molecule has 0 heterocycles. The van der Waals surface area contributed by atoms with E-state index < -0.39 is 5.91 Å². The summed E-state index contributed by atoms with van der Waals surface area (Å²) in [5, 5.41) is 17.9. The monoisotopic (exact) mass is 176 g/mol. The highest BCUT2D eigenvalue weighted by molar-refractivity contribution is 5.95. The molecular weight excluding hydrogens is 168 g/mol. The molecule has 0 fully saturated rings. The van der Waals surface area contributed by atoms with E-state index in [-0.39, 0.29) is 11.4 Å². The molecule has 66 valence electrons. The van der Waals surface area contributed by atoms with Crippen LogP contribution in [-0.4, -0.2) is 11.0 Å². The van der Waals surface area contributed by atoms with Gasteiger partial charge in [0.15, 0.2) is 6.19 Å². The van der Waals surface area contributed by atoms with E-state index in [2.05, 4.69) is 0 Å². The Morgan fingerprint density at radius 1 is 1.54 bits per heavy atom. The highest BCUT2D eigenvalue weighted by Crippen LogP contribution is 2.25. The number of aromatic hydroxyl groups is 1. The number of carbonyl (C=O) groups excluding carboxylic acids is 1. The maximum atomic E-state index is 10.9. The van der Waals surface area contributed by atoms with Crippen molar-refractivity contribution >= 4 is 11.6 Å². The Labute approximate surface area is 75.6 Å². The first kappa shape index (κ1) is 9.07. The molecule has 4 heteroatoms. The zero-order valence-electron chi connectivity index (χ0n) is 7.06. The lowest BCUT2D eigenvalue weighted by Crippen LogP contribution is -2.22. The van der Waals surface area contributed by atoms with Gasteiger partial charge in [0.25, 0.3) is 0 Å². The maximum absolute atomic E-state index is 10.9. The van der Waals surface area contributed by atoms with Crippen molar-refractivity contribution in [1.29, 1.82) is 5.26 Å². The molecule has 0 radical (unpaired) electrons. The molecule has 0 aromatic heterocycles. The molecule has 4 nitrogen and oxygen atoms in total. The number of carbonyl (C=O) groups is 1. The Bertz CT molecular complexity index is 368. The molecule has 0 aliphatic rings. The van der Waals surface area contributed by atoms with Gasteiger partial charge >= 0.3 is 0 Å². The Morgan fingerprint density at radius 3 is 2.62 bits per heavy atom. The molecule has 0 bridgehead atoms. The molecule has 0 saturated heterocycles. The number of phenolic OH excluding ortho intramolecular Hbond substituents is 1. The molecule has 1 N–H and O–H groups in total. The average molecular weight is 176 g/mol. The van der Waals surface area contributed by atoms with Gasteiger partial charge in [-0.15, -0.1) is 0 Å². The van der Waals surface area contributed by atoms with E-state index in [0.29, 0.717) is 0 Å². The van der Waals surface area contributed by atoms with Gasteiger partial charge in [0.05, 0.1) is 0 Å². The number of rotatable bonds is 1. The van der Waals surface area contributed by atoms with Crippen molar-refractivity contribution in [2.45, 2.75) is 6.92 Å². The molecule has 1 aromatic rings. The Balaban J connectivity index is 3.14. The second-order valence-electron chi connectivity index (χ2n) is 2.44. The van der Waals surface area contributed by atoms with Gasteiger partial charge in [-0.05, 0) is 12.1 Å². The summed E-state index contributed by atoms with van der Waals surface area (Å²) in [6.45, 7) is 1.26. The molecular formula is C9H8N2O2. The number of para-hydroxylation sites is 2. The fourth-order valence-corrected chi connectivity index (χ4v) is 0.947. The minimum absolute atomic E-state index is 0.0840. The fourth-order valence-electron chi connectivity index (χ4n) is 0.947. The lowest BCUT2D eigenvalue weighted by molar-refractivity contribution is -0.115. The van der Waals surface area contributed by atoms with Crippen LogP contribution in [0, 0.1) is 11.5 Å². The molecule has 1 aromatic carbocycles. The second kappa shape index (κ2) is 3.59. The Hall–Kier alpha value is -2.02. The molecule has 0 aliphatic carbocycles. The van der Waals surface area contributed by atoms with Gasteiger partial charge < -0.3 is 5.11 Å². The van der Waals surface area contributed by atoms with Crippen molar-refractivity contribution in [2.75, 3.05) is 4.90 Å². The number of nitriles is 1. The van der Waals surface area contributed by atoms with Crippen LogP contribution in [0.25, 0.3) is 0 Å². The van der Waals surface area contributed by atoms with E-state index in [9.17, 15) is 9.90 Å². The van der Waals surface area contributed by atoms with Crippen molar-refractivity contribution in [3.05, 3.63) is 24.3 Å². The molecule has 1 amide bonds. The average Bonchev–Trinajstić information content (AvgIpc) is 2.09. The summed E-state index contributed by atoms with van der Waals surface area (Å²) >= 11 is 0. The SMILES string of the molecule is CC(=O)N(C#N)c1ccccc1O. The van der Waals surface area contributed by atoms with Crippen LogP contribution >= 0.6 is 0 Å². The van der Waals surface area contributed by atoms with Gasteiger partial charge in [0, 0.05) is 6.92 Å². The van der Waals surface area contributed by atoms with Crippen LogP contribution in [0.2, 0.25) is 0 Å². The number of nitrogens with zero attached hydrogens (tertiary/aromatic N) is 2. The Morgan fingerprint density at radius 2 is 2.15 bits per heavy atom. The van der Waals surface area contributed by atoms with Gasteiger partial charge in [-0.2, -0.15) is 5.26 Å². The molecule has 0 spiro atoms. The van der Waals surface area contributed by atoms with Crippen LogP contribution in [-0.2, 0) is 4.79 Å². The van der Waals surface area contributed by atoms with Crippen LogP contribution in [0.15, 0.2) is 24.3 Å². The van der Waals surface area contributed by atoms with Crippen molar-refractivity contribution in [1.82, 2.24) is 0 Å². The minimum atomic E-state index is -0.427. The van der Waals surface area contributed by atoms with Crippen LogP contribution in [0.4, 0.5) is 5.69 Å². The standard InChI is InChI=1S/C9H8N2O2/c1-7(12)11(6-10)8-4-2-3-5-9(8)13/h2-5,13H,1H3. The third-order valence-corrected chi connectivity index (χ3v) is 1.54. The van der Waals surface area contributed by atoms with Gasteiger partial charge in [0.2, 0.25) is 5.91 Å². The summed E-state index contributed by atoms with van der Waals surface area (Å²) in [4.78, 5) is 11.7. The highest BCUT2D eigenvalue weighted by Gasteiger charge is 2.13. The highest BCUT2D eigenvalue weighted by atomic mass is 16.3. The van der Waals surface area contributed by atoms with Crippen LogP contribution in [0.1, 0.15) is 6.92 Å². The summed E-state index contributed by atoms with van der Waals surface area (Å²) < 4.78 is 0. The van der Waals surface area contributed by atoms with Crippen molar-refractivity contribution < 1.29 is 9.90 Å². The lowest BCUT2D eigenvalue weighted by Gasteiger charge is -2.11. The first-order valence-corrected chi connectivity index (χ1v) is 3.65. The molecule has 0 aliphatic heterocycles. The second-order valence-corrected chi connectivity index (χ2v) is 2.44. The number of hydrogen-bond acceptors (Lipinski definition) is 3. The fraction of sp³-hybridized carbons (Fsp3) is 0.111. The van der Waals surface area contributed by atoms with Gasteiger partial charge in [-0.1, -0.05) is 12.1 Å². The molecule has 0 saturated carbocycles. The van der Waals surface area contributed by atoms with Gasteiger partial charge in [0.1, 0.15) is 11.4 Å². The van der Waals surface area contributed by atoms with Crippen molar-refractivity contribution in [2.24, 2.45) is 0 Å². The van der Waals surface area contributed by atoms with E-state index in [1.165, 1.54) is 19.1 Å². The van der Waals surface area contributed by atoms with Gasteiger partial charge in [-0.3, -0.25) is 4.79 Å². The van der Waals surface area contributed by atoms with E-state index in [1.54, 1.807) is 18.3 Å². The van der Waals surface area contributed by atoms with Crippen LogP contribution in [0.5, 0.6) is 5.75 Å². The first-order valence-electron chi connectivity index (χ1n) is 3.65. The van der Waals surface area contributed by atoms with E-state index >= 15 is 0 Å². The number of phenols is 1. The van der Waals surface area contributed by atoms with Crippen molar-refractivity contribution in [3.63, 3.8) is 0 Å². The predicted octanol–water partition coefficient (Wildman–Crippen LogP) is 1.23. The number of amides is 1. The normalized spacial score (nSPS) is 8.92. The minimum Gasteiger partial charge on any atom is -0.506 e. The summed E-state index contributed by atoms with van der Waals surface area (Å²) in [5.74, 6) is -0.511. The van der Waals surface area contributed by atoms with E-state index in [0.717, 1.165) is 4.90 Å². The summed E-state index contributed by atoms with van der Waals surface area (Å²) in [7, 11) is 0. The smallest absolute Gasteiger partial charge is 0.237 e. The largest absolute Gasteiger partial charge is 0.506 e. The summed E-state index contributed by atoms with van der Waals surface area (Å²) in [6.07, 6.45) is 1.68. The maximum Gasteiger partial charge on any atom is 0.237 e. The predicted molar refractivity (Wildman–Crippen MR) is 46.9 cm³/mol. The zero-order chi connectivity index (χ0) is 9.84. The van der Waals surface area contributed by atoms with Crippen molar-refractivity contribution in [3.8, 4) is 11.9 Å². The quantitative estimate of drug-likeness (QED) is 0.517. The summed E-state index contributed by atoms with van der Waals surface area (Å²) in [6, 6.07) is 6.18.